The highest BCUT2D eigenvalue weighted by Crippen LogP contribution is 2.03. The molecule has 106 valence electrons. The van der Waals surface area contributed by atoms with Crippen LogP contribution in [-0.2, 0) is 11.2 Å². The number of thiazole rings is 1. The van der Waals surface area contributed by atoms with E-state index in [1.54, 1.807) is 5.51 Å². The molecule has 1 aromatic heterocycles. The van der Waals surface area contributed by atoms with Gasteiger partial charge >= 0.3 is 12.0 Å². The van der Waals surface area contributed by atoms with Gasteiger partial charge in [0.2, 0.25) is 0 Å². The van der Waals surface area contributed by atoms with E-state index in [1.165, 1.54) is 11.3 Å². The van der Waals surface area contributed by atoms with Gasteiger partial charge in [-0.1, -0.05) is 6.92 Å². The van der Waals surface area contributed by atoms with Crippen LogP contribution in [0, 0.1) is 5.92 Å². The van der Waals surface area contributed by atoms with Crippen molar-refractivity contribution in [2.45, 2.75) is 26.2 Å². The van der Waals surface area contributed by atoms with Crippen LogP contribution in [0.15, 0.2) is 10.9 Å². The van der Waals surface area contributed by atoms with Crippen LogP contribution in [-0.4, -0.2) is 35.2 Å². The molecule has 1 heterocycles. The second-order valence-electron chi connectivity index (χ2n) is 4.40. The van der Waals surface area contributed by atoms with Gasteiger partial charge in [0.15, 0.2) is 0 Å². The van der Waals surface area contributed by atoms with Crippen molar-refractivity contribution in [1.82, 2.24) is 15.6 Å². The average molecular weight is 285 g/mol. The van der Waals surface area contributed by atoms with Gasteiger partial charge in [0.1, 0.15) is 0 Å². The van der Waals surface area contributed by atoms with Crippen LogP contribution in [0.5, 0.6) is 0 Å². The number of urea groups is 1. The molecule has 1 aromatic rings. The average Bonchev–Trinajstić information content (AvgIpc) is 2.87. The molecule has 0 saturated carbocycles. The third kappa shape index (κ3) is 7.40. The molecule has 0 spiro atoms. The van der Waals surface area contributed by atoms with Crippen molar-refractivity contribution in [1.29, 1.82) is 0 Å². The monoisotopic (exact) mass is 285 g/mol. The SMILES string of the molecule is CC(CCC(=O)O)CNC(=O)NCCc1cscn1. The van der Waals surface area contributed by atoms with Gasteiger partial charge in [-0.05, 0) is 12.3 Å². The molecule has 3 N–H and O–H groups in total. The maximum Gasteiger partial charge on any atom is 0.314 e. The van der Waals surface area contributed by atoms with E-state index >= 15 is 0 Å². The van der Waals surface area contributed by atoms with Gasteiger partial charge < -0.3 is 15.7 Å². The summed E-state index contributed by atoms with van der Waals surface area (Å²) in [5, 5.41) is 16.0. The maximum atomic E-state index is 11.5. The Bertz CT molecular complexity index is 395. The molecule has 0 aromatic carbocycles. The molecule has 1 unspecified atom stereocenters. The molecular weight excluding hydrogens is 266 g/mol. The van der Waals surface area contributed by atoms with Crippen molar-refractivity contribution in [2.24, 2.45) is 5.92 Å². The summed E-state index contributed by atoms with van der Waals surface area (Å²) in [6.07, 6.45) is 1.41. The van der Waals surface area contributed by atoms with Crippen molar-refractivity contribution < 1.29 is 14.7 Å². The Morgan fingerprint density at radius 1 is 1.47 bits per heavy atom. The molecule has 0 aliphatic heterocycles. The highest BCUT2D eigenvalue weighted by Gasteiger charge is 2.07. The Morgan fingerprint density at radius 2 is 2.26 bits per heavy atom. The molecule has 1 rings (SSSR count). The van der Waals surface area contributed by atoms with E-state index in [0.29, 0.717) is 25.9 Å². The van der Waals surface area contributed by atoms with Gasteiger partial charge in [0, 0.05) is 31.3 Å². The number of carboxylic acids is 1. The van der Waals surface area contributed by atoms with Gasteiger partial charge in [-0.3, -0.25) is 4.79 Å². The zero-order valence-electron chi connectivity index (χ0n) is 10.9. The molecule has 0 aliphatic carbocycles. The summed E-state index contributed by atoms with van der Waals surface area (Å²) in [5.74, 6) is -0.653. The largest absolute Gasteiger partial charge is 0.481 e. The number of aliphatic carboxylic acids is 1. The number of nitrogens with one attached hydrogen (secondary N) is 2. The van der Waals surface area contributed by atoms with Crippen LogP contribution < -0.4 is 10.6 Å². The molecule has 0 saturated heterocycles. The minimum absolute atomic E-state index is 0.133. The van der Waals surface area contributed by atoms with Crippen molar-refractivity contribution in [3.63, 3.8) is 0 Å². The molecule has 19 heavy (non-hydrogen) atoms. The Hall–Kier alpha value is -1.63. The number of carbonyl (C=O) groups is 2. The highest BCUT2D eigenvalue weighted by atomic mass is 32.1. The Labute approximate surface area is 116 Å². The van der Waals surface area contributed by atoms with Crippen LogP contribution in [0.2, 0.25) is 0 Å². The van der Waals surface area contributed by atoms with Gasteiger partial charge in [0.25, 0.3) is 0 Å². The summed E-state index contributed by atoms with van der Waals surface area (Å²) >= 11 is 1.53. The van der Waals surface area contributed by atoms with Crippen molar-refractivity contribution in [3.05, 3.63) is 16.6 Å². The van der Waals surface area contributed by atoms with E-state index in [9.17, 15) is 9.59 Å². The number of carboxylic acid groups (broad SMARTS) is 1. The molecule has 7 heteroatoms. The third-order valence-electron chi connectivity index (χ3n) is 2.61. The first-order valence-corrected chi connectivity index (χ1v) is 7.12. The van der Waals surface area contributed by atoms with Crippen LogP contribution in [0.3, 0.4) is 0 Å². The first-order chi connectivity index (χ1) is 9.08. The lowest BCUT2D eigenvalue weighted by Gasteiger charge is -2.12. The fraction of sp³-hybridized carbons (Fsp3) is 0.583. The third-order valence-corrected chi connectivity index (χ3v) is 3.25. The van der Waals surface area contributed by atoms with Crippen LogP contribution in [0.1, 0.15) is 25.5 Å². The number of aromatic nitrogens is 1. The van der Waals surface area contributed by atoms with Gasteiger partial charge in [-0.2, -0.15) is 0 Å². The lowest BCUT2D eigenvalue weighted by Crippen LogP contribution is -2.38. The first kappa shape index (κ1) is 15.4. The van der Waals surface area contributed by atoms with E-state index < -0.39 is 5.97 Å². The number of hydrogen-bond donors (Lipinski definition) is 3. The molecular formula is C12H19N3O3S. The smallest absolute Gasteiger partial charge is 0.314 e. The minimum atomic E-state index is -0.806. The standard InChI is InChI=1S/C12H19N3O3S/c1-9(2-3-11(16)17)6-14-12(18)13-5-4-10-7-19-8-15-10/h7-9H,2-6H2,1H3,(H,16,17)(H2,13,14,18). The fourth-order valence-electron chi connectivity index (χ4n) is 1.47. The van der Waals surface area contributed by atoms with E-state index in [-0.39, 0.29) is 18.4 Å². The van der Waals surface area contributed by atoms with E-state index in [1.807, 2.05) is 12.3 Å². The molecule has 0 bridgehead atoms. The Kier molecular flexibility index (Phi) is 6.88. The zero-order valence-corrected chi connectivity index (χ0v) is 11.7. The quantitative estimate of drug-likeness (QED) is 0.675. The molecule has 1 atom stereocenters. The predicted molar refractivity (Wildman–Crippen MR) is 73.3 cm³/mol. The normalized spacial score (nSPS) is 11.8. The lowest BCUT2D eigenvalue weighted by atomic mass is 10.1. The topological polar surface area (TPSA) is 91.3 Å². The number of nitrogens with zero attached hydrogens (tertiary/aromatic N) is 1. The fourth-order valence-corrected chi connectivity index (χ4v) is 2.06. The van der Waals surface area contributed by atoms with E-state index in [0.717, 1.165) is 5.69 Å². The minimum Gasteiger partial charge on any atom is -0.481 e. The van der Waals surface area contributed by atoms with Crippen LogP contribution in [0.25, 0.3) is 0 Å². The van der Waals surface area contributed by atoms with Gasteiger partial charge in [-0.15, -0.1) is 11.3 Å². The lowest BCUT2D eigenvalue weighted by molar-refractivity contribution is -0.137. The molecule has 0 aliphatic rings. The maximum absolute atomic E-state index is 11.5. The van der Waals surface area contributed by atoms with Crippen molar-refractivity contribution >= 4 is 23.3 Å². The second-order valence-corrected chi connectivity index (χ2v) is 5.12. The van der Waals surface area contributed by atoms with E-state index in [2.05, 4.69) is 15.6 Å². The summed E-state index contributed by atoms with van der Waals surface area (Å²) in [7, 11) is 0. The van der Waals surface area contributed by atoms with Crippen LogP contribution in [0.4, 0.5) is 4.79 Å². The summed E-state index contributed by atoms with van der Waals surface area (Å²) in [6, 6.07) is -0.225. The van der Waals surface area contributed by atoms with Gasteiger partial charge in [-0.25, -0.2) is 9.78 Å². The predicted octanol–water partition coefficient (Wildman–Crippen LogP) is 1.49. The highest BCUT2D eigenvalue weighted by molar-refractivity contribution is 7.07. The van der Waals surface area contributed by atoms with Crippen molar-refractivity contribution in [3.8, 4) is 0 Å². The number of hydrogen-bond acceptors (Lipinski definition) is 4. The zero-order chi connectivity index (χ0) is 14.1. The summed E-state index contributed by atoms with van der Waals surface area (Å²) in [4.78, 5) is 26.0. The molecule has 0 fully saturated rings. The second kappa shape index (κ2) is 8.47. The Balaban J connectivity index is 2.05. The number of amides is 2. The number of carbonyl (C=O) groups excluding carboxylic acids is 1. The molecule has 6 nitrogen and oxygen atoms in total. The summed E-state index contributed by atoms with van der Waals surface area (Å²) in [6.45, 7) is 2.94. The van der Waals surface area contributed by atoms with Crippen LogP contribution >= 0.6 is 11.3 Å². The summed E-state index contributed by atoms with van der Waals surface area (Å²) in [5.41, 5.74) is 2.74. The summed E-state index contributed by atoms with van der Waals surface area (Å²) < 4.78 is 0. The Morgan fingerprint density at radius 3 is 2.89 bits per heavy atom. The molecule has 2 amide bonds. The van der Waals surface area contributed by atoms with E-state index in [4.69, 9.17) is 5.11 Å². The number of rotatable bonds is 8. The van der Waals surface area contributed by atoms with Crippen molar-refractivity contribution in [2.75, 3.05) is 13.1 Å². The first-order valence-electron chi connectivity index (χ1n) is 6.18. The molecule has 0 radical (unpaired) electrons. The van der Waals surface area contributed by atoms with Gasteiger partial charge in [0.05, 0.1) is 11.2 Å².